The smallest absolute Gasteiger partial charge is 0.0483 e. The summed E-state index contributed by atoms with van der Waals surface area (Å²) in [5.74, 6) is 0. The molecule has 0 saturated heterocycles. The summed E-state index contributed by atoms with van der Waals surface area (Å²) < 4.78 is 2.51. The molecule has 0 aliphatic rings. The third kappa shape index (κ3) is 6.22. The van der Waals surface area contributed by atoms with Gasteiger partial charge in [-0.2, -0.15) is 0 Å². The standard InChI is InChI=1S/C28H40N2/c1-5-6-7-8-9-10-19-30-22-26(15-12-18-29(3)4)27-21-25(16-17-28(27)30)24-14-11-13-23(2)20-24/h11,13-14,16-17,20-22H,5-10,12,15,18-19H2,1-4H3. The van der Waals surface area contributed by atoms with Gasteiger partial charge in [-0.3, -0.25) is 0 Å². The van der Waals surface area contributed by atoms with E-state index in [9.17, 15) is 0 Å². The fourth-order valence-electron chi connectivity index (χ4n) is 4.41. The van der Waals surface area contributed by atoms with E-state index in [4.69, 9.17) is 0 Å². The first-order valence-electron chi connectivity index (χ1n) is 11.9. The number of aryl methyl sites for hydroxylation is 3. The highest BCUT2D eigenvalue weighted by molar-refractivity contribution is 5.88. The van der Waals surface area contributed by atoms with E-state index in [1.54, 1.807) is 0 Å². The molecule has 2 nitrogen and oxygen atoms in total. The van der Waals surface area contributed by atoms with Crippen molar-refractivity contribution in [2.45, 2.75) is 71.8 Å². The second kappa shape index (κ2) is 11.4. The van der Waals surface area contributed by atoms with Gasteiger partial charge in [0.2, 0.25) is 0 Å². The Balaban J connectivity index is 1.81. The molecule has 3 aromatic rings. The summed E-state index contributed by atoms with van der Waals surface area (Å²) in [6.07, 6.45) is 12.9. The summed E-state index contributed by atoms with van der Waals surface area (Å²) in [5.41, 5.74) is 6.88. The minimum absolute atomic E-state index is 1.14. The maximum absolute atomic E-state index is 2.51. The van der Waals surface area contributed by atoms with Gasteiger partial charge in [-0.05, 0) is 75.6 Å². The van der Waals surface area contributed by atoms with Crippen LogP contribution < -0.4 is 0 Å². The van der Waals surface area contributed by atoms with Gasteiger partial charge in [0.1, 0.15) is 0 Å². The van der Waals surface area contributed by atoms with Crippen LogP contribution in [0.1, 0.15) is 63.0 Å². The van der Waals surface area contributed by atoms with Crippen LogP contribution in [0.5, 0.6) is 0 Å². The summed E-state index contributed by atoms with van der Waals surface area (Å²) in [7, 11) is 4.33. The van der Waals surface area contributed by atoms with Gasteiger partial charge < -0.3 is 9.47 Å². The van der Waals surface area contributed by atoms with Gasteiger partial charge in [-0.15, -0.1) is 0 Å². The lowest BCUT2D eigenvalue weighted by molar-refractivity contribution is 0.400. The SMILES string of the molecule is CCCCCCCCn1cc(CCCN(C)C)c2cc(-c3cccc(C)c3)ccc21. The van der Waals surface area contributed by atoms with Gasteiger partial charge in [0.15, 0.2) is 0 Å². The van der Waals surface area contributed by atoms with Crippen molar-refractivity contribution < 1.29 is 0 Å². The molecule has 2 heteroatoms. The summed E-state index contributed by atoms with van der Waals surface area (Å²) in [4.78, 5) is 2.29. The number of aromatic nitrogens is 1. The van der Waals surface area contributed by atoms with Gasteiger partial charge in [0.25, 0.3) is 0 Å². The fraction of sp³-hybridized carbons (Fsp3) is 0.500. The summed E-state index contributed by atoms with van der Waals surface area (Å²) >= 11 is 0. The molecule has 1 aromatic heterocycles. The van der Waals surface area contributed by atoms with E-state index < -0.39 is 0 Å². The van der Waals surface area contributed by atoms with E-state index in [0.717, 1.165) is 19.5 Å². The lowest BCUT2D eigenvalue weighted by Crippen LogP contribution is -2.13. The fourth-order valence-corrected chi connectivity index (χ4v) is 4.41. The number of nitrogens with zero attached hydrogens (tertiary/aromatic N) is 2. The molecule has 2 aromatic carbocycles. The number of hydrogen-bond acceptors (Lipinski definition) is 1. The van der Waals surface area contributed by atoms with Crippen LogP contribution in [0, 0.1) is 6.92 Å². The molecule has 0 saturated carbocycles. The topological polar surface area (TPSA) is 8.17 Å². The highest BCUT2D eigenvalue weighted by atomic mass is 15.0. The molecule has 0 spiro atoms. The zero-order valence-corrected chi connectivity index (χ0v) is 19.6. The highest BCUT2D eigenvalue weighted by Gasteiger charge is 2.11. The average Bonchev–Trinajstić information content (AvgIpc) is 3.07. The molecular formula is C28H40N2. The monoisotopic (exact) mass is 404 g/mol. The second-order valence-electron chi connectivity index (χ2n) is 9.12. The van der Waals surface area contributed by atoms with Gasteiger partial charge >= 0.3 is 0 Å². The lowest BCUT2D eigenvalue weighted by Gasteiger charge is -2.09. The van der Waals surface area contributed by atoms with E-state index in [-0.39, 0.29) is 0 Å². The first-order valence-corrected chi connectivity index (χ1v) is 11.9. The van der Waals surface area contributed by atoms with Crippen LogP contribution in [0.3, 0.4) is 0 Å². The van der Waals surface area contributed by atoms with Crippen LogP contribution in [0.25, 0.3) is 22.0 Å². The molecule has 0 N–H and O–H groups in total. The van der Waals surface area contributed by atoms with Crippen molar-refractivity contribution in [3.63, 3.8) is 0 Å². The Kier molecular flexibility index (Phi) is 8.57. The third-order valence-corrected chi connectivity index (χ3v) is 6.12. The summed E-state index contributed by atoms with van der Waals surface area (Å²) in [6.45, 7) is 6.74. The van der Waals surface area contributed by atoms with E-state index >= 15 is 0 Å². The number of fused-ring (bicyclic) bond motifs is 1. The number of hydrogen-bond donors (Lipinski definition) is 0. The maximum atomic E-state index is 2.51. The van der Waals surface area contributed by atoms with Gasteiger partial charge in [-0.1, -0.05) is 74.9 Å². The summed E-state index contributed by atoms with van der Waals surface area (Å²) in [5, 5.41) is 1.44. The van der Waals surface area contributed by atoms with Crippen molar-refractivity contribution in [3.8, 4) is 11.1 Å². The van der Waals surface area contributed by atoms with Crippen LogP contribution in [-0.4, -0.2) is 30.1 Å². The van der Waals surface area contributed by atoms with E-state index in [0.29, 0.717) is 0 Å². The minimum Gasteiger partial charge on any atom is -0.347 e. The van der Waals surface area contributed by atoms with Crippen molar-refractivity contribution in [1.82, 2.24) is 9.47 Å². The van der Waals surface area contributed by atoms with Gasteiger partial charge in [-0.25, -0.2) is 0 Å². The molecule has 1 heterocycles. The van der Waals surface area contributed by atoms with Crippen molar-refractivity contribution in [2.75, 3.05) is 20.6 Å². The summed E-state index contributed by atoms with van der Waals surface area (Å²) in [6, 6.07) is 15.9. The number of benzene rings is 2. The van der Waals surface area contributed by atoms with Crippen LogP contribution in [0.4, 0.5) is 0 Å². The zero-order valence-electron chi connectivity index (χ0n) is 19.6. The van der Waals surface area contributed by atoms with Crippen LogP contribution in [-0.2, 0) is 13.0 Å². The van der Waals surface area contributed by atoms with Gasteiger partial charge in [0.05, 0.1) is 0 Å². The van der Waals surface area contributed by atoms with Crippen molar-refractivity contribution in [1.29, 1.82) is 0 Å². The van der Waals surface area contributed by atoms with E-state index in [2.05, 4.69) is 86.1 Å². The molecule has 0 bridgehead atoms. The second-order valence-corrected chi connectivity index (χ2v) is 9.12. The maximum Gasteiger partial charge on any atom is 0.0483 e. The first-order chi connectivity index (χ1) is 14.6. The Labute approximate surface area is 183 Å². The molecule has 0 radical (unpaired) electrons. The molecule has 0 atom stereocenters. The van der Waals surface area contributed by atoms with Crippen LogP contribution in [0.15, 0.2) is 48.7 Å². The first kappa shape index (κ1) is 22.6. The number of rotatable bonds is 12. The normalized spacial score (nSPS) is 11.6. The molecule has 3 rings (SSSR count). The zero-order chi connectivity index (χ0) is 21.3. The average molecular weight is 405 g/mol. The van der Waals surface area contributed by atoms with Crippen molar-refractivity contribution >= 4 is 10.9 Å². The Hall–Kier alpha value is -2.06. The quantitative estimate of drug-likeness (QED) is 0.284. The Bertz CT molecular complexity index is 920. The van der Waals surface area contributed by atoms with Crippen molar-refractivity contribution in [3.05, 3.63) is 59.8 Å². The van der Waals surface area contributed by atoms with Crippen LogP contribution >= 0.6 is 0 Å². The Morgan fingerprint density at radius 2 is 1.60 bits per heavy atom. The Morgan fingerprint density at radius 1 is 0.833 bits per heavy atom. The number of unbranched alkanes of at least 4 members (excludes halogenated alkanes) is 5. The van der Waals surface area contributed by atoms with Crippen molar-refractivity contribution in [2.24, 2.45) is 0 Å². The molecule has 0 aliphatic heterocycles. The Morgan fingerprint density at radius 3 is 2.37 bits per heavy atom. The predicted octanol–water partition coefficient (Wildman–Crippen LogP) is 7.47. The van der Waals surface area contributed by atoms with Crippen LogP contribution in [0.2, 0.25) is 0 Å². The highest BCUT2D eigenvalue weighted by Crippen LogP contribution is 2.29. The molecular weight excluding hydrogens is 364 g/mol. The van der Waals surface area contributed by atoms with E-state index in [1.807, 2.05) is 0 Å². The molecule has 0 amide bonds. The van der Waals surface area contributed by atoms with E-state index in [1.165, 1.54) is 78.1 Å². The molecule has 0 fully saturated rings. The lowest BCUT2D eigenvalue weighted by atomic mass is 10.00. The minimum atomic E-state index is 1.14. The largest absolute Gasteiger partial charge is 0.347 e. The molecule has 30 heavy (non-hydrogen) atoms. The molecule has 162 valence electrons. The molecule has 0 unspecified atom stereocenters. The predicted molar refractivity (Wildman–Crippen MR) is 132 cm³/mol. The third-order valence-electron chi connectivity index (χ3n) is 6.12. The van der Waals surface area contributed by atoms with Gasteiger partial charge in [0, 0.05) is 23.6 Å². The molecule has 0 aliphatic carbocycles.